The number of halogens is 2. The molecule has 1 N–H and O–H groups in total. The van der Waals surface area contributed by atoms with Gasteiger partial charge in [0.05, 0.1) is 5.02 Å². The quantitative estimate of drug-likeness (QED) is 0.793. The molecule has 2 rings (SSSR count). The summed E-state index contributed by atoms with van der Waals surface area (Å²) >= 11 is 11.8. The molecule has 2 aromatic rings. The molecule has 124 valence electrons. The molecule has 0 bridgehead atoms. The maximum Gasteiger partial charge on any atom is 0.360 e. The van der Waals surface area contributed by atoms with E-state index in [-0.39, 0.29) is 10.9 Å². The lowest BCUT2D eigenvalue weighted by molar-refractivity contribution is -0.149. The molecule has 1 unspecified atom stereocenters. The van der Waals surface area contributed by atoms with Gasteiger partial charge in [0.25, 0.3) is 5.60 Å². The van der Waals surface area contributed by atoms with Gasteiger partial charge in [-0.1, -0.05) is 23.2 Å². The summed E-state index contributed by atoms with van der Waals surface area (Å²) in [6.45, 7) is 2.93. The van der Waals surface area contributed by atoms with Gasteiger partial charge in [0.2, 0.25) is 5.88 Å². The molecule has 1 aromatic heterocycles. The van der Waals surface area contributed by atoms with Crippen LogP contribution in [0.5, 0.6) is 17.4 Å². The van der Waals surface area contributed by atoms with Gasteiger partial charge < -0.3 is 14.6 Å². The van der Waals surface area contributed by atoms with E-state index in [4.69, 9.17) is 32.7 Å². The summed E-state index contributed by atoms with van der Waals surface area (Å²) in [6, 6.07) is 7.85. The van der Waals surface area contributed by atoms with Crippen molar-refractivity contribution in [3.05, 3.63) is 46.6 Å². The molecule has 1 atom stereocenters. The van der Waals surface area contributed by atoms with E-state index in [0.717, 1.165) is 0 Å². The summed E-state index contributed by atoms with van der Waals surface area (Å²) in [5.74, 6) is 4.91. The van der Waals surface area contributed by atoms with Crippen molar-refractivity contribution in [1.29, 1.82) is 0 Å². The van der Waals surface area contributed by atoms with E-state index in [9.17, 15) is 9.90 Å². The lowest BCUT2D eigenvalue weighted by atomic mass is 10.1. The third-order valence-corrected chi connectivity index (χ3v) is 3.38. The number of benzene rings is 1. The molecule has 24 heavy (non-hydrogen) atoms. The maximum absolute atomic E-state index is 11.3. The van der Waals surface area contributed by atoms with Gasteiger partial charge in [0.15, 0.2) is 0 Å². The number of aliphatic carboxylic acids is 1. The summed E-state index contributed by atoms with van der Waals surface area (Å²) in [4.78, 5) is 15.3. The molecule has 0 aliphatic heterocycles. The zero-order valence-corrected chi connectivity index (χ0v) is 14.4. The highest BCUT2D eigenvalue weighted by atomic mass is 35.5. The van der Waals surface area contributed by atoms with E-state index in [0.29, 0.717) is 16.5 Å². The fourth-order valence-electron chi connectivity index (χ4n) is 1.76. The number of carboxylic acids is 1. The second-order valence-corrected chi connectivity index (χ2v) is 5.67. The second-order valence-electron chi connectivity index (χ2n) is 4.83. The Kier molecular flexibility index (Phi) is 5.55. The Morgan fingerprint density at radius 3 is 2.42 bits per heavy atom. The van der Waals surface area contributed by atoms with Crippen molar-refractivity contribution >= 4 is 29.2 Å². The van der Waals surface area contributed by atoms with Crippen LogP contribution in [0, 0.1) is 11.8 Å². The molecule has 0 radical (unpaired) electrons. The highest BCUT2D eigenvalue weighted by Gasteiger charge is 2.33. The first-order valence-corrected chi connectivity index (χ1v) is 7.55. The highest BCUT2D eigenvalue weighted by molar-refractivity contribution is 6.35. The van der Waals surface area contributed by atoms with Crippen LogP contribution < -0.4 is 9.47 Å². The number of carboxylic acid groups (broad SMARTS) is 1. The standard InChI is InChI=1S/C17H13Cl2NO4/c1-3-8-17(2,16(21)22)24-13-6-4-12(5-7-13)23-15-14(19)9-11(18)10-20-15/h4-7,9-10H,1-2H3,(H,21,22). The number of pyridine rings is 1. The monoisotopic (exact) mass is 365 g/mol. The lowest BCUT2D eigenvalue weighted by Crippen LogP contribution is -2.39. The van der Waals surface area contributed by atoms with E-state index in [1.54, 1.807) is 31.2 Å². The van der Waals surface area contributed by atoms with Gasteiger partial charge in [-0.25, -0.2) is 9.78 Å². The van der Waals surface area contributed by atoms with Crippen LogP contribution in [0.3, 0.4) is 0 Å². The predicted molar refractivity (Wildman–Crippen MR) is 90.9 cm³/mol. The van der Waals surface area contributed by atoms with Crippen molar-refractivity contribution in [3.63, 3.8) is 0 Å². The minimum atomic E-state index is -1.63. The molecule has 0 saturated heterocycles. The predicted octanol–water partition coefficient (Wildman–Crippen LogP) is 4.43. The van der Waals surface area contributed by atoms with Crippen LogP contribution >= 0.6 is 23.2 Å². The summed E-state index contributed by atoms with van der Waals surface area (Å²) in [5, 5.41) is 9.92. The first-order chi connectivity index (χ1) is 11.3. The SMILES string of the molecule is CC#CC(C)(Oc1ccc(Oc2ncc(Cl)cc2Cl)cc1)C(=O)O. The zero-order chi connectivity index (χ0) is 17.7. The first kappa shape index (κ1) is 17.9. The number of carbonyl (C=O) groups is 1. The number of hydrogen-bond donors (Lipinski definition) is 1. The minimum absolute atomic E-state index is 0.210. The van der Waals surface area contributed by atoms with Gasteiger partial charge >= 0.3 is 5.97 Å². The molecule has 1 heterocycles. The van der Waals surface area contributed by atoms with E-state index in [2.05, 4.69) is 16.8 Å². The van der Waals surface area contributed by atoms with E-state index in [1.165, 1.54) is 19.2 Å². The Balaban J connectivity index is 2.15. The number of rotatable bonds is 5. The molecule has 5 nitrogen and oxygen atoms in total. The van der Waals surface area contributed by atoms with Crippen LogP contribution in [0.15, 0.2) is 36.5 Å². The molecule has 0 aliphatic rings. The molecule has 1 aromatic carbocycles. The van der Waals surface area contributed by atoms with Gasteiger partial charge in [-0.05, 0) is 50.1 Å². The average Bonchev–Trinajstić information content (AvgIpc) is 2.52. The Labute approximate surface area is 149 Å². The second kappa shape index (κ2) is 7.43. The van der Waals surface area contributed by atoms with Gasteiger partial charge in [-0.15, -0.1) is 5.92 Å². The summed E-state index contributed by atoms with van der Waals surface area (Å²) in [5.41, 5.74) is -1.63. The number of nitrogens with zero attached hydrogens (tertiary/aromatic N) is 1. The van der Waals surface area contributed by atoms with E-state index in [1.807, 2.05) is 0 Å². The Morgan fingerprint density at radius 1 is 1.25 bits per heavy atom. The molecule has 0 fully saturated rings. The summed E-state index contributed by atoms with van der Waals surface area (Å²) in [7, 11) is 0. The largest absolute Gasteiger partial charge is 0.478 e. The highest BCUT2D eigenvalue weighted by Crippen LogP contribution is 2.30. The van der Waals surface area contributed by atoms with Gasteiger partial charge in [0.1, 0.15) is 16.5 Å². The van der Waals surface area contributed by atoms with Gasteiger partial charge in [0, 0.05) is 6.20 Å². The van der Waals surface area contributed by atoms with Crippen molar-refractivity contribution in [3.8, 4) is 29.2 Å². The lowest BCUT2D eigenvalue weighted by Gasteiger charge is -2.20. The van der Waals surface area contributed by atoms with Crippen molar-refractivity contribution in [1.82, 2.24) is 4.98 Å². The Morgan fingerprint density at radius 2 is 1.88 bits per heavy atom. The molecule has 0 saturated carbocycles. The smallest absolute Gasteiger partial charge is 0.360 e. The van der Waals surface area contributed by atoms with Crippen LogP contribution in [-0.4, -0.2) is 21.7 Å². The van der Waals surface area contributed by atoms with Crippen LogP contribution in [0.1, 0.15) is 13.8 Å². The van der Waals surface area contributed by atoms with Crippen LogP contribution in [-0.2, 0) is 4.79 Å². The Bertz CT molecular complexity index is 812. The molecular weight excluding hydrogens is 353 g/mol. The maximum atomic E-state index is 11.3. The van der Waals surface area contributed by atoms with E-state index >= 15 is 0 Å². The Hall–Kier alpha value is -2.42. The van der Waals surface area contributed by atoms with Crippen molar-refractivity contribution in [2.24, 2.45) is 0 Å². The summed E-state index contributed by atoms with van der Waals surface area (Å²) in [6.07, 6.45) is 1.42. The van der Waals surface area contributed by atoms with Gasteiger partial charge in [-0.2, -0.15) is 0 Å². The normalized spacial score (nSPS) is 12.5. The third kappa shape index (κ3) is 4.31. The molecule has 7 heteroatoms. The van der Waals surface area contributed by atoms with E-state index < -0.39 is 11.6 Å². The van der Waals surface area contributed by atoms with Crippen LogP contribution in [0.2, 0.25) is 10.0 Å². The fraction of sp³-hybridized carbons (Fsp3) is 0.176. The van der Waals surface area contributed by atoms with Crippen LogP contribution in [0.4, 0.5) is 0 Å². The number of hydrogen-bond acceptors (Lipinski definition) is 4. The molecular formula is C17H13Cl2NO4. The van der Waals surface area contributed by atoms with Crippen LogP contribution in [0.25, 0.3) is 0 Å². The van der Waals surface area contributed by atoms with Crippen molar-refractivity contribution < 1.29 is 19.4 Å². The van der Waals surface area contributed by atoms with Crippen molar-refractivity contribution in [2.75, 3.05) is 0 Å². The molecule has 0 amide bonds. The van der Waals surface area contributed by atoms with Crippen molar-refractivity contribution in [2.45, 2.75) is 19.4 Å². The first-order valence-electron chi connectivity index (χ1n) is 6.79. The molecule has 0 aliphatic carbocycles. The van der Waals surface area contributed by atoms with Gasteiger partial charge in [-0.3, -0.25) is 0 Å². The fourth-order valence-corrected chi connectivity index (χ4v) is 2.18. The third-order valence-electron chi connectivity index (χ3n) is 2.91. The topological polar surface area (TPSA) is 68.7 Å². The number of ether oxygens (including phenoxy) is 2. The molecule has 0 spiro atoms. The summed E-state index contributed by atoms with van der Waals surface area (Å²) < 4.78 is 11.0. The number of aromatic nitrogens is 1. The minimum Gasteiger partial charge on any atom is -0.478 e. The zero-order valence-electron chi connectivity index (χ0n) is 12.8. The average molecular weight is 366 g/mol.